The van der Waals surface area contributed by atoms with E-state index in [2.05, 4.69) is 36.7 Å². The summed E-state index contributed by atoms with van der Waals surface area (Å²) < 4.78 is 0. The van der Waals surface area contributed by atoms with E-state index in [0.29, 0.717) is 12.4 Å². The lowest BCUT2D eigenvalue weighted by Crippen LogP contribution is -2.01. The number of pyridine rings is 1. The first-order chi connectivity index (χ1) is 12.3. The number of rotatable bonds is 5. The maximum Gasteiger partial charge on any atom is 0.206 e. The van der Waals surface area contributed by atoms with Gasteiger partial charge in [-0.25, -0.2) is 4.98 Å². The number of hydrogen-bond acceptors (Lipinski definition) is 7. The summed E-state index contributed by atoms with van der Waals surface area (Å²) in [6.07, 6.45) is 3.70. The van der Waals surface area contributed by atoms with E-state index in [1.54, 1.807) is 11.8 Å². The summed E-state index contributed by atoms with van der Waals surface area (Å²) in [5.41, 5.74) is 9.24. The number of tetrazole rings is 1. The van der Waals surface area contributed by atoms with E-state index < -0.39 is 0 Å². The molecule has 1 aromatic carbocycles. The van der Waals surface area contributed by atoms with Gasteiger partial charge in [-0.05, 0) is 29.0 Å². The first-order valence-electron chi connectivity index (χ1n) is 7.64. The number of aromatic nitrogens is 6. The van der Waals surface area contributed by atoms with Gasteiger partial charge in [-0.3, -0.25) is 0 Å². The Hall–Kier alpha value is -2.36. The highest BCUT2D eigenvalue weighted by Crippen LogP contribution is 2.40. The summed E-state index contributed by atoms with van der Waals surface area (Å²) in [7, 11) is 0. The number of aromatic amines is 2. The van der Waals surface area contributed by atoms with Crippen molar-refractivity contribution in [1.82, 2.24) is 30.6 Å². The Balaban J connectivity index is 1.90. The third kappa shape index (κ3) is 3.01. The van der Waals surface area contributed by atoms with E-state index in [0.717, 1.165) is 43.3 Å². The number of nitrogens with one attached hydrogen (secondary N) is 2. The van der Waals surface area contributed by atoms with Crippen molar-refractivity contribution in [2.24, 2.45) is 5.73 Å². The number of hydrogen-bond donors (Lipinski definition) is 4. The van der Waals surface area contributed by atoms with Gasteiger partial charge in [-0.15, -0.1) is 34.6 Å². The highest BCUT2D eigenvalue weighted by molar-refractivity contribution is 7.99. The first-order valence-corrected chi connectivity index (χ1v) is 9.07. The zero-order valence-electron chi connectivity index (χ0n) is 13.1. The molecule has 3 aromatic heterocycles. The average molecular weight is 369 g/mol. The molecule has 0 saturated carbocycles. The fraction of sp³-hybridized carbons (Fsp3) is 0.125. The zero-order chi connectivity index (χ0) is 17.2. The summed E-state index contributed by atoms with van der Waals surface area (Å²) in [6, 6.07) is 8.16. The largest absolute Gasteiger partial charge is 0.346 e. The van der Waals surface area contributed by atoms with Crippen LogP contribution < -0.4 is 5.73 Å². The molecule has 126 valence electrons. The van der Waals surface area contributed by atoms with Crippen LogP contribution >= 0.6 is 24.4 Å². The number of benzene rings is 1. The van der Waals surface area contributed by atoms with Crippen LogP contribution in [0.25, 0.3) is 33.5 Å². The number of nitrogens with two attached hydrogens (primary N) is 1. The van der Waals surface area contributed by atoms with E-state index in [1.165, 1.54) is 0 Å². The van der Waals surface area contributed by atoms with Crippen molar-refractivity contribution >= 4 is 35.4 Å². The molecule has 9 heteroatoms. The Kier molecular flexibility index (Phi) is 4.43. The van der Waals surface area contributed by atoms with Gasteiger partial charge in [0.2, 0.25) is 5.82 Å². The van der Waals surface area contributed by atoms with E-state index >= 15 is 0 Å². The van der Waals surface area contributed by atoms with Crippen LogP contribution in [0.15, 0.2) is 46.5 Å². The molecule has 4 rings (SSSR count). The Bertz CT molecular complexity index is 1010. The van der Waals surface area contributed by atoms with Gasteiger partial charge in [0.1, 0.15) is 5.65 Å². The molecule has 0 atom stereocenters. The predicted octanol–water partition coefficient (Wildman–Crippen LogP) is 2.75. The van der Waals surface area contributed by atoms with Crippen LogP contribution in [0, 0.1) is 0 Å². The Morgan fingerprint density at radius 1 is 1.24 bits per heavy atom. The van der Waals surface area contributed by atoms with E-state index in [4.69, 9.17) is 18.4 Å². The van der Waals surface area contributed by atoms with Crippen molar-refractivity contribution in [2.45, 2.75) is 9.79 Å². The van der Waals surface area contributed by atoms with Gasteiger partial charge in [-0.2, -0.15) is 5.21 Å². The summed E-state index contributed by atoms with van der Waals surface area (Å²) in [4.78, 5) is 9.42. The average Bonchev–Trinajstić information content (AvgIpc) is 3.31. The number of nitrogens with zero attached hydrogens (tertiary/aromatic N) is 4. The third-order valence-electron chi connectivity index (χ3n) is 3.80. The van der Waals surface area contributed by atoms with Crippen molar-refractivity contribution in [3.8, 4) is 22.5 Å². The molecule has 0 radical (unpaired) electrons. The monoisotopic (exact) mass is 369 g/mol. The minimum Gasteiger partial charge on any atom is -0.346 e. The van der Waals surface area contributed by atoms with Crippen LogP contribution in [-0.2, 0) is 0 Å². The Morgan fingerprint density at radius 2 is 2.16 bits per heavy atom. The molecule has 0 aliphatic heterocycles. The van der Waals surface area contributed by atoms with E-state index in [-0.39, 0.29) is 0 Å². The molecule has 7 nitrogen and oxygen atoms in total. The summed E-state index contributed by atoms with van der Waals surface area (Å²) in [6.45, 7) is 0.602. The van der Waals surface area contributed by atoms with Gasteiger partial charge in [0.15, 0.2) is 0 Å². The summed E-state index contributed by atoms with van der Waals surface area (Å²) in [5.74, 6) is 1.32. The highest BCUT2D eigenvalue weighted by Gasteiger charge is 2.18. The molecule has 0 amide bonds. The molecule has 0 unspecified atom stereocenters. The molecule has 4 aromatic rings. The smallest absolute Gasteiger partial charge is 0.206 e. The second-order valence-corrected chi connectivity index (χ2v) is 6.93. The van der Waals surface area contributed by atoms with Gasteiger partial charge in [-0.1, -0.05) is 6.07 Å². The maximum atomic E-state index is 5.63. The molecule has 3 heterocycles. The number of thiol groups is 1. The SMILES string of the molecule is NCCSc1ccc(-c2cnc3[nH]ccc3c2)c(-c2nn[nH]n2)c1S. The van der Waals surface area contributed by atoms with Crippen LogP contribution in [0.3, 0.4) is 0 Å². The topological polar surface area (TPSA) is 109 Å². The molecule has 25 heavy (non-hydrogen) atoms. The lowest BCUT2D eigenvalue weighted by Gasteiger charge is -2.13. The molecule has 0 saturated heterocycles. The fourth-order valence-electron chi connectivity index (χ4n) is 2.68. The normalized spacial score (nSPS) is 11.3. The van der Waals surface area contributed by atoms with Gasteiger partial charge in [0.25, 0.3) is 0 Å². The van der Waals surface area contributed by atoms with Gasteiger partial charge in [0.05, 0.1) is 0 Å². The molecule has 0 fully saturated rings. The van der Waals surface area contributed by atoms with Crippen molar-refractivity contribution in [3.63, 3.8) is 0 Å². The Morgan fingerprint density at radius 3 is 2.96 bits per heavy atom. The number of H-pyrrole nitrogens is 2. The molecular weight excluding hydrogens is 354 g/mol. The minimum atomic E-state index is 0.504. The van der Waals surface area contributed by atoms with E-state index in [9.17, 15) is 0 Å². The fourth-order valence-corrected chi connectivity index (χ4v) is 3.91. The maximum absolute atomic E-state index is 5.63. The molecule has 0 aliphatic carbocycles. The second kappa shape index (κ2) is 6.87. The van der Waals surface area contributed by atoms with Gasteiger partial charge in [0, 0.05) is 51.0 Å². The predicted molar refractivity (Wildman–Crippen MR) is 102 cm³/mol. The Labute approximate surface area is 153 Å². The molecule has 0 spiro atoms. The zero-order valence-corrected chi connectivity index (χ0v) is 14.8. The quantitative estimate of drug-likeness (QED) is 0.318. The third-order valence-corrected chi connectivity index (χ3v) is 5.50. The molecule has 4 N–H and O–H groups in total. The summed E-state index contributed by atoms with van der Waals surface area (Å²) >= 11 is 6.40. The lowest BCUT2D eigenvalue weighted by atomic mass is 10.00. The van der Waals surface area contributed by atoms with Crippen molar-refractivity contribution in [1.29, 1.82) is 0 Å². The first kappa shape index (κ1) is 16.1. The van der Waals surface area contributed by atoms with Crippen LogP contribution in [0.5, 0.6) is 0 Å². The number of fused-ring (bicyclic) bond motifs is 1. The van der Waals surface area contributed by atoms with Crippen LogP contribution in [-0.4, -0.2) is 42.9 Å². The number of thioether (sulfide) groups is 1. The molecule has 0 bridgehead atoms. The molecule has 0 aliphatic rings. The van der Waals surface area contributed by atoms with Gasteiger partial charge < -0.3 is 10.7 Å². The van der Waals surface area contributed by atoms with Gasteiger partial charge >= 0.3 is 0 Å². The van der Waals surface area contributed by atoms with Crippen LogP contribution in [0.4, 0.5) is 0 Å². The van der Waals surface area contributed by atoms with E-state index in [1.807, 2.05) is 30.6 Å². The standard InChI is InChI=1S/C16H15N7S2/c17-4-6-25-12-2-1-11(13(14(12)24)16-20-22-23-21-16)10-7-9-3-5-18-15(9)19-8-10/h1-3,5,7-8,24H,4,6,17H2,(H,18,19)(H,20,21,22,23). The van der Waals surface area contributed by atoms with Crippen LogP contribution in [0.2, 0.25) is 0 Å². The summed E-state index contributed by atoms with van der Waals surface area (Å²) in [5, 5.41) is 15.5. The minimum absolute atomic E-state index is 0.504. The lowest BCUT2D eigenvalue weighted by molar-refractivity contribution is 0.881. The van der Waals surface area contributed by atoms with Crippen molar-refractivity contribution < 1.29 is 0 Å². The van der Waals surface area contributed by atoms with Crippen molar-refractivity contribution in [3.05, 3.63) is 36.7 Å². The van der Waals surface area contributed by atoms with Crippen LogP contribution in [0.1, 0.15) is 0 Å². The molecular formula is C16H15N7S2. The highest BCUT2D eigenvalue weighted by atomic mass is 32.2. The second-order valence-electron chi connectivity index (χ2n) is 5.35. The van der Waals surface area contributed by atoms with Crippen molar-refractivity contribution in [2.75, 3.05) is 12.3 Å².